The maximum atomic E-state index is 12.7. The fourth-order valence-corrected chi connectivity index (χ4v) is 3.16. The third kappa shape index (κ3) is 3.67. The largest absolute Gasteiger partial charge is 0.381 e. The van der Waals surface area contributed by atoms with Gasteiger partial charge in [0.25, 0.3) is 0 Å². The molecule has 0 saturated carbocycles. The van der Waals surface area contributed by atoms with Gasteiger partial charge in [-0.1, -0.05) is 49.7 Å². The molecular formula is C20H22N2O. The number of nitrogens with one attached hydrogen (secondary N) is 1. The Morgan fingerprint density at radius 1 is 1.13 bits per heavy atom. The quantitative estimate of drug-likeness (QED) is 0.912. The summed E-state index contributed by atoms with van der Waals surface area (Å²) >= 11 is 0. The molecule has 0 aliphatic carbocycles. The number of carbonyl (C=O) groups is 1. The van der Waals surface area contributed by atoms with E-state index in [9.17, 15) is 4.79 Å². The highest BCUT2D eigenvalue weighted by molar-refractivity contribution is 5.94. The highest BCUT2D eigenvalue weighted by atomic mass is 16.1. The van der Waals surface area contributed by atoms with Gasteiger partial charge in [0.1, 0.15) is 0 Å². The monoisotopic (exact) mass is 306 g/mol. The molecule has 3 nitrogen and oxygen atoms in total. The van der Waals surface area contributed by atoms with E-state index in [-0.39, 0.29) is 17.7 Å². The Morgan fingerprint density at radius 2 is 1.96 bits per heavy atom. The summed E-state index contributed by atoms with van der Waals surface area (Å²) in [5.41, 5.74) is 3.30. The minimum Gasteiger partial charge on any atom is -0.381 e. The van der Waals surface area contributed by atoms with E-state index in [4.69, 9.17) is 0 Å². The Labute approximate surface area is 137 Å². The van der Waals surface area contributed by atoms with E-state index >= 15 is 0 Å². The van der Waals surface area contributed by atoms with Crippen molar-refractivity contribution >= 4 is 5.78 Å². The Morgan fingerprint density at radius 3 is 2.65 bits per heavy atom. The lowest BCUT2D eigenvalue weighted by molar-refractivity contribution is -0.119. The van der Waals surface area contributed by atoms with Crippen LogP contribution < -0.4 is 5.32 Å². The molecule has 0 bridgehead atoms. The Kier molecular flexibility index (Phi) is 4.86. The van der Waals surface area contributed by atoms with E-state index in [0.717, 1.165) is 30.5 Å². The standard InChI is InChI=1S/C20H22N2O/c1-2-7-17-13-19(23)18(12-15-8-4-3-5-9-15)20(22-17)16-10-6-11-21-14-16/h3-6,8-11,13-14,18,20,22H,2,7,12H2,1H3. The van der Waals surface area contributed by atoms with Crippen molar-refractivity contribution < 1.29 is 4.79 Å². The summed E-state index contributed by atoms with van der Waals surface area (Å²) in [6.45, 7) is 2.13. The van der Waals surface area contributed by atoms with Gasteiger partial charge < -0.3 is 5.32 Å². The van der Waals surface area contributed by atoms with Crippen molar-refractivity contribution in [2.75, 3.05) is 0 Å². The van der Waals surface area contributed by atoms with Crippen LogP contribution in [0, 0.1) is 5.92 Å². The smallest absolute Gasteiger partial charge is 0.163 e. The number of allylic oxidation sites excluding steroid dienone is 2. The van der Waals surface area contributed by atoms with E-state index in [1.165, 1.54) is 5.56 Å². The van der Waals surface area contributed by atoms with Crippen molar-refractivity contribution in [1.82, 2.24) is 10.3 Å². The van der Waals surface area contributed by atoms with Gasteiger partial charge in [-0.2, -0.15) is 0 Å². The molecule has 3 heteroatoms. The topological polar surface area (TPSA) is 42.0 Å². The average molecular weight is 306 g/mol. The Balaban J connectivity index is 1.91. The third-order valence-electron chi connectivity index (χ3n) is 4.29. The number of benzene rings is 1. The van der Waals surface area contributed by atoms with Gasteiger partial charge in [0, 0.05) is 24.2 Å². The molecule has 2 heterocycles. The molecule has 0 fully saturated rings. The summed E-state index contributed by atoms with van der Waals surface area (Å²) in [5, 5.41) is 3.57. The molecule has 1 aliphatic heterocycles. The SMILES string of the molecule is CCCC1=CC(=O)C(Cc2ccccc2)C(c2cccnc2)N1. The Bertz CT molecular complexity index is 679. The second-order valence-corrected chi connectivity index (χ2v) is 6.03. The zero-order valence-corrected chi connectivity index (χ0v) is 13.4. The van der Waals surface area contributed by atoms with Gasteiger partial charge in [0.15, 0.2) is 5.78 Å². The molecular weight excluding hydrogens is 284 g/mol. The first-order chi connectivity index (χ1) is 11.3. The lowest BCUT2D eigenvalue weighted by atomic mass is 9.82. The van der Waals surface area contributed by atoms with Gasteiger partial charge in [-0.3, -0.25) is 9.78 Å². The van der Waals surface area contributed by atoms with Crippen molar-refractivity contribution in [2.24, 2.45) is 5.92 Å². The predicted octanol–water partition coefficient (Wildman–Crippen LogP) is 3.84. The number of nitrogens with zero attached hydrogens (tertiary/aromatic N) is 1. The van der Waals surface area contributed by atoms with Crippen molar-refractivity contribution in [2.45, 2.75) is 32.2 Å². The summed E-state index contributed by atoms with van der Waals surface area (Å²) in [7, 11) is 0. The minimum absolute atomic E-state index is 0.0112. The highest BCUT2D eigenvalue weighted by Gasteiger charge is 2.32. The first-order valence-electron chi connectivity index (χ1n) is 8.22. The molecule has 3 rings (SSSR count). The summed E-state index contributed by atoms with van der Waals surface area (Å²) in [4.78, 5) is 17.0. The van der Waals surface area contributed by atoms with Crippen molar-refractivity contribution in [3.8, 4) is 0 Å². The van der Waals surface area contributed by atoms with Crippen LogP contribution in [-0.4, -0.2) is 10.8 Å². The van der Waals surface area contributed by atoms with Crippen LogP contribution >= 0.6 is 0 Å². The lowest BCUT2D eigenvalue weighted by Gasteiger charge is -2.32. The molecule has 2 aromatic rings. The fourth-order valence-electron chi connectivity index (χ4n) is 3.16. The number of rotatable bonds is 5. The first kappa shape index (κ1) is 15.5. The molecule has 1 aromatic heterocycles. The minimum atomic E-state index is -0.0952. The third-order valence-corrected chi connectivity index (χ3v) is 4.29. The Hall–Kier alpha value is -2.42. The van der Waals surface area contributed by atoms with Crippen LogP contribution in [0.3, 0.4) is 0 Å². The summed E-state index contributed by atoms with van der Waals surface area (Å²) in [6, 6.07) is 14.2. The second kappa shape index (κ2) is 7.23. The van der Waals surface area contributed by atoms with Crippen molar-refractivity contribution in [3.05, 3.63) is 77.8 Å². The molecule has 0 radical (unpaired) electrons. The molecule has 1 aliphatic rings. The molecule has 2 unspecified atom stereocenters. The molecule has 1 N–H and O–H groups in total. The number of hydrogen-bond donors (Lipinski definition) is 1. The molecule has 1 aromatic carbocycles. The van der Waals surface area contributed by atoms with Crippen molar-refractivity contribution in [1.29, 1.82) is 0 Å². The van der Waals surface area contributed by atoms with Gasteiger partial charge >= 0.3 is 0 Å². The van der Waals surface area contributed by atoms with E-state index < -0.39 is 0 Å². The van der Waals surface area contributed by atoms with Crippen LogP contribution in [0.4, 0.5) is 0 Å². The van der Waals surface area contributed by atoms with Crippen LogP contribution in [0.15, 0.2) is 66.6 Å². The van der Waals surface area contributed by atoms with Gasteiger partial charge in [0.2, 0.25) is 0 Å². The number of pyridine rings is 1. The zero-order valence-electron chi connectivity index (χ0n) is 13.4. The number of carbonyl (C=O) groups excluding carboxylic acids is 1. The molecule has 118 valence electrons. The number of hydrogen-bond acceptors (Lipinski definition) is 3. The molecule has 2 atom stereocenters. The maximum Gasteiger partial charge on any atom is 0.163 e. The van der Waals surface area contributed by atoms with E-state index in [1.807, 2.05) is 36.5 Å². The van der Waals surface area contributed by atoms with Gasteiger partial charge in [-0.05, 0) is 30.0 Å². The first-order valence-corrected chi connectivity index (χ1v) is 8.22. The van der Waals surface area contributed by atoms with Crippen LogP contribution in [0.2, 0.25) is 0 Å². The van der Waals surface area contributed by atoms with Gasteiger partial charge in [-0.25, -0.2) is 0 Å². The van der Waals surface area contributed by atoms with E-state index in [0.29, 0.717) is 0 Å². The van der Waals surface area contributed by atoms with Crippen LogP contribution in [-0.2, 0) is 11.2 Å². The molecule has 0 saturated heterocycles. The predicted molar refractivity (Wildman–Crippen MR) is 91.7 cm³/mol. The van der Waals surface area contributed by atoms with Crippen LogP contribution in [0.1, 0.15) is 36.9 Å². The van der Waals surface area contributed by atoms with Gasteiger partial charge in [0.05, 0.1) is 12.0 Å². The maximum absolute atomic E-state index is 12.7. The molecule has 23 heavy (non-hydrogen) atoms. The highest BCUT2D eigenvalue weighted by Crippen LogP contribution is 2.31. The van der Waals surface area contributed by atoms with E-state index in [1.54, 1.807) is 12.3 Å². The second-order valence-electron chi connectivity index (χ2n) is 6.03. The molecule has 0 amide bonds. The summed E-state index contributed by atoms with van der Waals surface area (Å²) in [5.74, 6) is 0.118. The average Bonchev–Trinajstić information content (AvgIpc) is 2.59. The van der Waals surface area contributed by atoms with Crippen LogP contribution in [0.25, 0.3) is 0 Å². The fraction of sp³-hybridized carbons (Fsp3) is 0.300. The summed E-state index contributed by atoms with van der Waals surface area (Å²) in [6.07, 6.45) is 8.09. The lowest BCUT2D eigenvalue weighted by Crippen LogP contribution is -2.38. The van der Waals surface area contributed by atoms with Crippen molar-refractivity contribution in [3.63, 3.8) is 0 Å². The van der Waals surface area contributed by atoms with Gasteiger partial charge in [-0.15, -0.1) is 0 Å². The number of aromatic nitrogens is 1. The zero-order chi connectivity index (χ0) is 16.1. The number of ketones is 1. The van der Waals surface area contributed by atoms with Crippen LogP contribution in [0.5, 0.6) is 0 Å². The normalized spacial score (nSPS) is 20.7. The van der Waals surface area contributed by atoms with E-state index in [2.05, 4.69) is 29.4 Å². The summed E-state index contributed by atoms with van der Waals surface area (Å²) < 4.78 is 0. The molecule has 0 spiro atoms.